The molecule has 0 aromatic heterocycles. The minimum atomic E-state index is -0.986. The van der Waals surface area contributed by atoms with E-state index >= 15 is 0 Å². The van der Waals surface area contributed by atoms with Gasteiger partial charge in [-0.1, -0.05) is 13.3 Å². The van der Waals surface area contributed by atoms with Crippen LogP contribution in [0.1, 0.15) is 45.4 Å². The van der Waals surface area contributed by atoms with E-state index in [-0.39, 0.29) is 11.7 Å². The van der Waals surface area contributed by atoms with Crippen molar-refractivity contribution in [3.05, 3.63) is 0 Å². The van der Waals surface area contributed by atoms with Crippen molar-refractivity contribution in [3.63, 3.8) is 0 Å². The lowest BCUT2D eigenvalue weighted by atomic mass is 9.77. The van der Waals surface area contributed by atoms with E-state index in [4.69, 9.17) is 5.11 Å². The number of aliphatic hydroxyl groups is 1. The van der Waals surface area contributed by atoms with Gasteiger partial charge in [0.25, 0.3) is 0 Å². The maximum Gasteiger partial charge on any atom is 0.309 e. The zero-order chi connectivity index (χ0) is 12.1. The number of aliphatic hydroxyl groups excluding tert-OH is 1. The Hall–Kier alpha value is -0.900. The third-order valence-corrected chi connectivity index (χ3v) is 3.36. The second-order valence-corrected chi connectivity index (χ2v) is 4.59. The van der Waals surface area contributed by atoms with Gasteiger partial charge in [-0.2, -0.15) is 0 Å². The monoisotopic (exact) mass is 228 g/mol. The van der Waals surface area contributed by atoms with Gasteiger partial charge in [0.05, 0.1) is 12.0 Å². The number of rotatable bonds is 5. The third kappa shape index (κ3) is 3.30. The molecule has 0 spiro atoms. The van der Waals surface area contributed by atoms with Gasteiger partial charge in [-0.05, 0) is 25.7 Å². The van der Waals surface area contributed by atoms with Crippen LogP contribution in [0.5, 0.6) is 0 Å². The first-order valence-corrected chi connectivity index (χ1v) is 5.99. The van der Waals surface area contributed by atoms with Crippen LogP contribution in [0.3, 0.4) is 0 Å². The Morgan fingerprint density at radius 3 is 2.56 bits per heavy atom. The number of carboxylic acids is 1. The first-order valence-electron chi connectivity index (χ1n) is 5.99. The summed E-state index contributed by atoms with van der Waals surface area (Å²) in [5.74, 6) is -1.74. The molecule has 1 aliphatic rings. The zero-order valence-electron chi connectivity index (χ0n) is 9.69. The van der Waals surface area contributed by atoms with Crippen LogP contribution in [0.2, 0.25) is 0 Å². The maximum atomic E-state index is 11.8. The smallest absolute Gasteiger partial charge is 0.309 e. The van der Waals surface area contributed by atoms with Crippen LogP contribution >= 0.6 is 0 Å². The van der Waals surface area contributed by atoms with E-state index in [1.54, 1.807) is 0 Å². The minimum absolute atomic E-state index is 0.156. The minimum Gasteiger partial charge on any atom is -0.481 e. The molecule has 16 heavy (non-hydrogen) atoms. The number of ketones is 1. The highest BCUT2D eigenvalue weighted by Gasteiger charge is 2.36. The Morgan fingerprint density at radius 1 is 1.31 bits per heavy atom. The summed E-state index contributed by atoms with van der Waals surface area (Å²) in [4.78, 5) is 22.6. The summed E-state index contributed by atoms with van der Waals surface area (Å²) in [5, 5.41) is 18.4. The molecular formula is C12H20O4. The molecule has 92 valence electrons. The lowest BCUT2D eigenvalue weighted by molar-refractivity contribution is -0.149. The van der Waals surface area contributed by atoms with E-state index in [0.29, 0.717) is 25.7 Å². The van der Waals surface area contributed by atoms with Crippen molar-refractivity contribution in [2.75, 3.05) is 0 Å². The summed E-state index contributed by atoms with van der Waals surface area (Å²) in [5.41, 5.74) is 0. The van der Waals surface area contributed by atoms with Crippen molar-refractivity contribution < 1.29 is 19.8 Å². The van der Waals surface area contributed by atoms with Crippen molar-refractivity contribution in [1.82, 2.24) is 0 Å². The van der Waals surface area contributed by atoms with Crippen molar-refractivity contribution in [2.45, 2.75) is 51.6 Å². The molecule has 2 N–H and O–H groups in total. The Balaban J connectivity index is 2.51. The van der Waals surface area contributed by atoms with Crippen LogP contribution < -0.4 is 0 Å². The molecule has 0 bridgehead atoms. The highest BCUT2D eigenvalue weighted by Crippen LogP contribution is 2.31. The standard InChI is InChI=1S/C12H20O4/c1-2-3-4-10(13)8-5-6-11(14)9(7-8)12(15)16/h8-9,11,14H,2-7H2,1H3,(H,15,16). The molecule has 4 nitrogen and oxygen atoms in total. The van der Waals surface area contributed by atoms with Crippen LogP contribution in [-0.4, -0.2) is 28.1 Å². The number of hydrogen-bond donors (Lipinski definition) is 2. The molecule has 4 heteroatoms. The van der Waals surface area contributed by atoms with Crippen LogP contribution in [0.15, 0.2) is 0 Å². The van der Waals surface area contributed by atoms with Crippen molar-refractivity contribution in [3.8, 4) is 0 Å². The van der Waals surface area contributed by atoms with Crippen LogP contribution in [0, 0.1) is 11.8 Å². The fourth-order valence-corrected chi connectivity index (χ4v) is 2.27. The van der Waals surface area contributed by atoms with Gasteiger partial charge in [0.1, 0.15) is 5.78 Å². The topological polar surface area (TPSA) is 74.6 Å². The van der Waals surface area contributed by atoms with Gasteiger partial charge in [-0.25, -0.2) is 0 Å². The molecule has 1 aliphatic carbocycles. The average molecular weight is 228 g/mol. The van der Waals surface area contributed by atoms with E-state index < -0.39 is 18.0 Å². The Kier molecular flexibility index (Phi) is 4.93. The predicted octanol–water partition coefficient (Wildman–Crippen LogP) is 1.61. The first kappa shape index (κ1) is 13.2. The zero-order valence-corrected chi connectivity index (χ0v) is 9.69. The molecule has 0 aromatic rings. The fourth-order valence-electron chi connectivity index (χ4n) is 2.27. The number of unbranched alkanes of at least 4 members (excludes halogenated alkanes) is 1. The lowest BCUT2D eigenvalue weighted by Crippen LogP contribution is -2.37. The van der Waals surface area contributed by atoms with Gasteiger partial charge in [-0.3, -0.25) is 9.59 Å². The van der Waals surface area contributed by atoms with Gasteiger partial charge in [0, 0.05) is 12.3 Å². The second kappa shape index (κ2) is 5.99. The van der Waals surface area contributed by atoms with E-state index in [9.17, 15) is 14.7 Å². The van der Waals surface area contributed by atoms with E-state index in [1.807, 2.05) is 6.92 Å². The summed E-state index contributed by atoms with van der Waals surface area (Å²) < 4.78 is 0. The molecule has 1 rings (SSSR count). The Morgan fingerprint density at radius 2 is 2.00 bits per heavy atom. The van der Waals surface area contributed by atoms with Crippen molar-refractivity contribution in [1.29, 1.82) is 0 Å². The average Bonchev–Trinajstić information content (AvgIpc) is 2.26. The number of carboxylic acid groups (broad SMARTS) is 1. The number of aliphatic carboxylic acids is 1. The van der Waals surface area contributed by atoms with Crippen molar-refractivity contribution in [2.24, 2.45) is 11.8 Å². The number of carbonyl (C=O) groups is 2. The maximum absolute atomic E-state index is 11.8. The molecular weight excluding hydrogens is 208 g/mol. The van der Waals surface area contributed by atoms with Gasteiger partial charge < -0.3 is 10.2 Å². The summed E-state index contributed by atoms with van der Waals surface area (Å²) in [7, 11) is 0. The largest absolute Gasteiger partial charge is 0.481 e. The molecule has 1 saturated carbocycles. The molecule has 0 aliphatic heterocycles. The van der Waals surface area contributed by atoms with Gasteiger partial charge in [0.15, 0.2) is 0 Å². The fraction of sp³-hybridized carbons (Fsp3) is 0.833. The van der Waals surface area contributed by atoms with E-state index in [1.165, 1.54) is 0 Å². The Bertz CT molecular complexity index is 262. The summed E-state index contributed by atoms with van der Waals surface area (Å²) >= 11 is 0. The quantitative estimate of drug-likeness (QED) is 0.749. The molecule has 3 atom stereocenters. The SMILES string of the molecule is CCCCC(=O)C1CCC(O)C(C(=O)O)C1. The predicted molar refractivity (Wildman–Crippen MR) is 59.0 cm³/mol. The third-order valence-electron chi connectivity index (χ3n) is 3.36. The second-order valence-electron chi connectivity index (χ2n) is 4.59. The molecule has 0 amide bonds. The van der Waals surface area contributed by atoms with E-state index in [2.05, 4.69) is 0 Å². The van der Waals surface area contributed by atoms with Crippen LogP contribution in [-0.2, 0) is 9.59 Å². The van der Waals surface area contributed by atoms with Crippen LogP contribution in [0.25, 0.3) is 0 Å². The molecule has 0 heterocycles. The molecule has 0 saturated heterocycles. The number of hydrogen-bond acceptors (Lipinski definition) is 3. The molecule has 0 radical (unpaired) electrons. The van der Waals surface area contributed by atoms with E-state index in [0.717, 1.165) is 12.8 Å². The summed E-state index contributed by atoms with van der Waals surface area (Å²) in [6.07, 6.45) is 2.97. The van der Waals surface area contributed by atoms with Crippen molar-refractivity contribution >= 4 is 11.8 Å². The highest BCUT2D eigenvalue weighted by atomic mass is 16.4. The molecule has 1 fully saturated rings. The highest BCUT2D eigenvalue weighted by molar-refractivity contribution is 5.82. The van der Waals surface area contributed by atoms with Crippen LogP contribution in [0.4, 0.5) is 0 Å². The first-order chi connectivity index (χ1) is 7.56. The summed E-state index contributed by atoms with van der Waals surface area (Å²) in [6.45, 7) is 2.03. The van der Waals surface area contributed by atoms with Gasteiger partial charge in [-0.15, -0.1) is 0 Å². The summed E-state index contributed by atoms with van der Waals surface area (Å²) in [6, 6.07) is 0. The van der Waals surface area contributed by atoms with Gasteiger partial charge >= 0.3 is 5.97 Å². The lowest BCUT2D eigenvalue weighted by Gasteiger charge is -2.29. The molecule has 3 unspecified atom stereocenters. The molecule has 0 aromatic carbocycles. The van der Waals surface area contributed by atoms with Gasteiger partial charge in [0.2, 0.25) is 0 Å². The number of carbonyl (C=O) groups excluding carboxylic acids is 1. The normalized spacial score (nSPS) is 30.0. The number of Topliss-reactive ketones (excluding diaryl/α,β-unsaturated/α-hetero) is 1. The Labute approximate surface area is 95.7 Å².